The molecule has 1 heterocycles. The smallest absolute Gasteiger partial charge is 0.278 e. The predicted octanol–water partition coefficient (Wildman–Crippen LogP) is 2.64. The van der Waals surface area contributed by atoms with Crippen molar-refractivity contribution in [2.45, 2.75) is 52.1 Å². The van der Waals surface area contributed by atoms with E-state index in [2.05, 4.69) is 17.2 Å². The number of nitrogens with one attached hydrogen (secondary N) is 1. The average Bonchev–Trinajstić information content (AvgIpc) is 2.25. The van der Waals surface area contributed by atoms with Gasteiger partial charge in [-0.2, -0.15) is 0 Å². The highest BCUT2D eigenvalue weighted by Gasteiger charge is 2.31. The molecule has 1 saturated carbocycles. The van der Waals surface area contributed by atoms with Crippen LogP contribution in [0.2, 0.25) is 0 Å². The van der Waals surface area contributed by atoms with E-state index >= 15 is 0 Å². The molecule has 1 aromatic rings. The first kappa shape index (κ1) is 13.0. The maximum atomic E-state index is 11.0. The molecule has 0 unspecified atom stereocenters. The Hall–Kier alpha value is -1.49. The Bertz CT molecular complexity index is 481. The van der Waals surface area contributed by atoms with Gasteiger partial charge in [0.1, 0.15) is 0 Å². The lowest BCUT2D eigenvalue weighted by Crippen LogP contribution is -2.47. The molecule has 1 fully saturated rings. The Kier molecular flexibility index (Phi) is 3.34. The molecule has 5 heteroatoms. The zero-order chi connectivity index (χ0) is 13.3. The summed E-state index contributed by atoms with van der Waals surface area (Å²) in [4.78, 5) is 15.0. The van der Waals surface area contributed by atoms with E-state index in [9.17, 15) is 10.1 Å². The minimum absolute atomic E-state index is 0.188. The van der Waals surface area contributed by atoms with Crippen molar-refractivity contribution in [2.24, 2.45) is 0 Å². The van der Waals surface area contributed by atoms with Crippen molar-refractivity contribution >= 4 is 5.69 Å². The topological polar surface area (TPSA) is 68.1 Å². The van der Waals surface area contributed by atoms with Crippen LogP contribution < -0.4 is 5.32 Å². The Morgan fingerprint density at radius 1 is 1.50 bits per heavy atom. The second-order valence-corrected chi connectivity index (χ2v) is 5.39. The van der Waals surface area contributed by atoms with Gasteiger partial charge in [-0.3, -0.25) is 15.1 Å². The number of aromatic nitrogens is 1. The standard InChI is InChI=1S/C13H19N3O2/c1-9-7-14-11(10(2)12(9)16(17)18)8-15-13(3)5-4-6-13/h7,15H,4-6,8H2,1-3H3. The molecule has 18 heavy (non-hydrogen) atoms. The second-order valence-electron chi connectivity index (χ2n) is 5.39. The fourth-order valence-electron chi connectivity index (χ4n) is 2.41. The van der Waals surface area contributed by atoms with E-state index in [1.807, 2.05) is 0 Å². The number of pyridine rings is 1. The molecule has 1 aliphatic carbocycles. The van der Waals surface area contributed by atoms with E-state index in [-0.39, 0.29) is 16.1 Å². The summed E-state index contributed by atoms with van der Waals surface area (Å²) in [7, 11) is 0. The van der Waals surface area contributed by atoms with Gasteiger partial charge in [0.15, 0.2) is 0 Å². The van der Waals surface area contributed by atoms with Crippen LogP contribution >= 0.6 is 0 Å². The first-order chi connectivity index (χ1) is 8.43. The highest BCUT2D eigenvalue weighted by atomic mass is 16.6. The molecule has 0 spiro atoms. The quantitative estimate of drug-likeness (QED) is 0.658. The van der Waals surface area contributed by atoms with Gasteiger partial charge in [-0.1, -0.05) is 0 Å². The summed E-state index contributed by atoms with van der Waals surface area (Å²) in [6.45, 7) is 6.29. The number of hydrogen-bond acceptors (Lipinski definition) is 4. The Morgan fingerprint density at radius 3 is 2.67 bits per heavy atom. The van der Waals surface area contributed by atoms with Gasteiger partial charge in [-0.15, -0.1) is 0 Å². The van der Waals surface area contributed by atoms with Crippen molar-refractivity contribution in [3.8, 4) is 0 Å². The summed E-state index contributed by atoms with van der Waals surface area (Å²) >= 11 is 0. The van der Waals surface area contributed by atoms with Crippen molar-refractivity contribution in [1.82, 2.24) is 10.3 Å². The van der Waals surface area contributed by atoms with Crippen molar-refractivity contribution in [3.63, 3.8) is 0 Å². The minimum Gasteiger partial charge on any atom is -0.306 e. The zero-order valence-corrected chi connectivity index (χ0v) is 11.1. The predicted molar refractivity (Wildman–Crippen MR) is 69.5 cm³/mol. The Morgan fingerprint density at radius 2 is 2.17 bits per heavy atom. The Labute approximate surface area is 107 Å². The number of rotatable bonds is 4. The van der Waals surface area contributed by atoms with Crippen LogP contribution in [0.4, 0.5) is 5.69 Å². The van der Waals surface area contributed by atoms with E-state index in [4.69, 9.17) is 0 Å². The van der Waals surface area contributed by atoms with E-state index in [0.29, 0.717) is 17.7 Å². The minimum atomic E-state index is -0.319. The molecular formula is C13H19N3O2. The van der Waals surface area contributed by atoms with Gasteiger partial charge in [-0.25, -0.2) is 0 Å². The Balaban J connectivity index is 2.18. The van der Waals surface area contributed by atoms with E-state index in [1.54, 1.807) is 20.0 Å². The van der Waals surface area contributed by atoms with E-state index in [1.165, 1.54) is 19.3 Å². The third kappa shape index (κ3) is 2.36. The van der Waals surface area contributed by atoms with Crippen LogP contribution in [0.25, 0.3) is 0 Å². The van der Waals surface area contributed by atoms with E-state index in [0.717, 1.165) is 5.69 Å². The number of hydrogen-bond donors (Lipinski definition) is 1. The van der Waals surface area contributed by atoms with Crippen molar-refractivity contribution in [2.75, 3.05) is 0 Å². The zero-order valence-electron chi connectivity index (χ0n) is 11.1. The van der Waals surface area contributed by atoms with Gasteiger partial charge in [0.05, 0.1) is 10.6 Å². The van der Waals surface area contributed by atoms with Gasteiger partial charge < -0.3 is 5.32 Å². The second kappa shape index (κ2) is 4.65. The summed E-state index contributed by atoms with van der Waals surface area (Å²) in [5.41, 5.74) is 2.46. The first-order valence-corrected chi connectivity index (χ1v) is 6.27. The maximum absolute atomic E-state index is 11.0. The third-order valence-corrected chi connectivity index (χ3v) is 3.90. The molecule has 0 saturated heterocycles. The van der Waals surface area contributed by atoms with Gasteiger partial charge >= 0.3 is 0 Å². The van der Waals surface area contributed by atoms with Crippen molar-refractivity contribution in [1.29, 1.82) is 0 Å². The average molecular weight is 249 g/mol. The first-order valence-electron chi connectivity index (χ1n) is 6.27. The molecule has 0 radical (unpaired) electrons. The number of nitrogens with zero attached hydrogens (tertiary/aromatic N) is 2. The molecule has 1 N–H and O–H groups in total. The molecule has 1 aliphatic rings. The van der Waals surface area contributed by atoms with Crippen LogP contribution in [0.1, 0.15) is 43.0 Å². The van der Waals surface area contributed by atoms with Crippen molar-refractivity contribution in [3.05, 3.63) is 33.1 Å². The fourth-order valence-corrected chi connectivity index (χ4v) is 2.41. The summed E-state index contributed by atoms with van der Waals surface area (Å²) in [6.07, 6.45) is 5.18. The molecular weight excluding hydrogens is 230 g/mol. The van der Waals surface area contributed by atoms with Crippen molar-refractivity contribution < 1.29 is 4.92 Å². The van der Waals surface area contributed by atoms with Crippen LogP contribution in [0.5, 0.6) is 0 Å². The highest BCUT2D eigenvalue weighted by Crippen LogP contribution is 2.31. The lowest BCUT2D eigenvalue weighted by Gasteiger charge is -2.39. The van der Waals surface area contributed by atoms with Crippen LogP contribution in [0.15, 0.2) is 6.20 Å². The lowest BCUT2D eigenvalue weighted by molar-refractivity contribution is -0.386. The molecule has 98 valence electrons. The number of nitro groups is 1. The molecule has 0 aliphatic heterocycles. The van der Waals surface area contributed by atoms with Crippen LogP contribution in [-0.2, 0) is 6.54 Å². The lowest BCUT2D eigenvalue weighted by atomic mass is 9.78. The molecule has 0 bridgehead atoms. The van der Waals surface area contributed by atoms with Gasteiger partial charge in [0, 0.05) is 29.4 Å². The fraction of sp³-hybridized carbons (Fsp3) is 0.615. The van der Waals surface area contributed by atoms with Crippen LogP contribution in [0, 0.1) is 24.0 Å². The van der Waals surface area contributed by atoms with Crippen LogP contribution in [-0.4, -0.2) is 15.4 Å². The van der Waals surface area contributed by atoms with Gasteiger partial charge in [0.25, 0.3) is 5.69 Å². The molecule has 1 aromatic heterocycles. The molecule has 0 aromatic carbocycles. The third-order valence-electron chi connectivity index (χ3n) is 3.90. The highest BCUT2D eigenvalue weighted by molar-refractivity contribution is 5.47. The number of aryl methyl sites for hydroxylation is 1. The van der Waals surface area contributed by atoms with Gasteiger partial charge in [-0.05, 0) is 40.0 Å². The normalized spacial score (nSPS) is 17.3. The summed E-state index contributed by atoms with van der Waals surface area (Å²) < 4.78 is 0. The summed E-state index contributed by atoms with van der Waals surface area (Å²) in [5.74, 6) is 0. The summed E-state index contributed by atoms with van der Waals surface area (Å²) in [5, 5.41) is 14.5. The molecule has 5 nitrogen and oxygen atoms in total. The molecule has 0 atom stereocenters. The van der Waals surface area contributed by atoms with E-state index < -0.39 is 0 Å². The summed E-state index contributed by atoms with van der Waals surface area (Å²) in [6, 6.07) is 0. The maximum Gasteiger partial charge on any atom is 0.278 e. The molecule has 2 rings (SSSR count). The van der Waals surface area contributed by atoms with Crippen LogP contribution in [0.3, 0.4) is 0 Å². The van der Waals surface area contributed by atoms with Gasteiger partial charge in [0.2, 0.25) is 0 Å². The monoisotopic (exact) mass is 249 g/mol. The largest absolute Gasteiger partial charge is 0.306 e. The SMILES string of the molecule is Cc1cnc(CNC2(C)CCC2)c(C)c1[N+](=O)[O-]. The molecule has 0 amide bonds.